The van der Waals surface area contributed by atoms with E-state index in [0.717, 1.165) is 36.6 Å². The third-order valence-corrected chi connectivity index (χ3v) is 3.17. The van der Waals surface area contributed by atoms with Gasteiger partial charge in [-0.25, -0.2) is 9.97 Å². The van der Waals surface area contributed by atoms with Gasteiger partial charge in [-0.3, -0.25) is 0 Å². The monoisotopic (exact) mass is 249 g/mol. The number of rotatable bonds is 6. The zero-order valence-electron chi connectivity index (χ0n) is 12.7. The van der Waals surface area contributed by atoms with Gasteiger partial charge in [-0.1, -0.05) is 27.7 Å². The SMILES string of the molecule is CCCc1nc(C)c(C(C)CNC(C)C)c(C)n1. The van der Waals surface area contributed by atoms with Crippen molar-refractivity contribution in [2.24, 2.45) is 0 Å². The summed E-state index contributed by atoms with van der Waals surface area (Å²) in [5.41, 5.74) is 3.59. The molecule has 3 nitrogen and oxygen atoms in total. The maximum Gasteiger partial charge on any atom is 0.128 e. The highest BCUT2D eigenvalue weighted by molar-refractivity contribution is 5.28. The second-order valence-electron chi connectivity index (χ2n) is 5.44. The van der Waals surface area contributed by atoms with Gasteiger partial charge in [0.25, 0.3) is 0 Å². The van der Waals surface area contributed by atoms with Crippen LogP contribution in [0.15, 0.2) is 0 Å². The van der Waals surface area contributed by atoms with Gasteiger partial charge in [0.2, 0.25) is 0 Å². The van der Waals surface area contributed by atoms with Crippen molar-refractivity contribution in [3.8, 4) is 0 Å². The first-order chi connectivity index (χ1) is 8.45. The summed E-state index contributed by atoms with van der Waals surface area (Å²) in [6.45, 7) is 13.9. The molecule has 0 saturated heterocycles. The van der Waals surface area contributed by atoms with Crippen molar-refractivity contribution in [2.45, 2.75) is 66.3 Å². The number of hydrogen-bond donors (Lipinski definition) is 1. The number of aromatic nitrogens is 2. The van der Waals surface area contributed by atoms with E-state index < -0.39 is 0 Å². The number of nitrogens with one attached hydrogen (secondary N) is 1. The van der Waals surface area contributed by atoms with Crippen LogP contribution in [0.25, 0.3) is 0 Å². The molecular formula is C15H27N3. The average Bonchev–Trinajstić information content (AvgIpc) is 2.25. The third kappa shape index (κ3) is 4.05. The Bertz CT molecular complexity index is 362. The van der Waals surface area contributed by atoms with Crippen LogP contribution in [0.1, 0.15) is 62.8 Å². The summed E-state index contributed by atoms with van der Waals surface area (Å²) in [7, 11) is 0. The minimum Gasteiger partial charge on any atom is -0.314 e. The summed E-state index contributed by atoms with van der Waals surface area (Å²) in [5.74, 6) is 1.45. The van der Waals surface area contributed by atoms with Gasteiger partial charge in [-0.2, -0.15) is 0 Å². The Morgan fingerprint density at radius 2 is 1.61 bits per heavy atom. The van der Waals surface area contributed by atoms with Gasteiger partial charge in [-0.05, 0) is 31.7 Å². The molecule has 0 fully saturated rings. The molecule has 1 aromatic heterocycles. The van der Waals surface area contributed by atoms with Crippen LogP contribution in [-0.4, -0.2) is 22.6 Å². The molecule has 1 heterocycles. The van der Waals surface area contributed by atoms with Crippen molar-refractivity contribution in [3.63, 3.8) is 0 Å². The zero-order chi connectivity index (χ0) is 13.7. The summed E-state index contributed by atoms with van der Waals surface area (Å²) >= 11 is 0. The molecule has 0 aliphatic rings. The van der Waals surface area contributed by atoms with Crippen molar-refractivity contribution in [3.05, 3.63) is 22.8 Å². The Balaban J connectivity index is 2.88. The van der Waals surface area contributed by atoms with Crippen LogP contribution >= 0.6 is 0 Å². The molecule has 1 rings (SSSR count). The lowest BCUT2D eigenvalue weighted by Gasteiger charge is -2.19. The van der Waals surface area contributed by atoms with Crippen LogP contribution in [-0.2, 0) is 6.42 Å². The lowest BCUT2D eigenvalue weighted by molar-refractivity contribution is 0.543. The lowest BCUT2D eigenvalue weighted by atomic mass is 9.97. The number of hydrogen-bond acceptors (Lipinski definition) is 3. The maximum atomic E-state index is 4.63. The van der Waals surface area contributed by atoms with E-state index in [2.05, 4.69) is 56.8 Å². The third-order valence-electron chi connectivity index (χ3n) is 3.17. The summed E-state index contributed by atoms with van der Waals surface area (Å²) in [4.78, 5) is 9.27. The van der Waals surface area contributed by atoms with Crippen molar-refractivity contribution in [1.82, 2.24) is 15.3 Å². The van der Waals surface area contributed by atoms with Gasteiger partial charge in [-0.15, -0.1) is 0 Å². The fourth-order valence-electron chi connectivity index (χ4n) is 2.36. The number of nitrogens with zero attached hydrogens (tertiary/aromatic N) is 2. The summed E-state index contributed by atoms with van der Waals surface area (Å²) < 4.78 is 0. The van der Waals surface area contributed by atoms with E-state index in [1.165, 1.54) is 5.56 Å². The van der Waals surface area contributed by atoms with Crippen LogP contribution in [0.5, 0.6) is 0 Å². The van der Waals surface area contributed by atoms with Gasteiger partial charge in [0.1, 0.15) is 5.82 Å². The molecule has 0 radical (unpaired) electrons. The Hall–Kier alpha value is -0.960. The molecular weight excluding hydrogens is 222 g/mol. The molecule has 1 N–H and O–H groups in total. The van der Waals surface area contributed by atoms with E-state index >= 15 is 0 Å². The molecule has 18 heavy (non-hydrogen) atoms. The zero-order valence-corrected chi connectivity index (χ0v) is 12.7. The summed E-state index contributed by atoms with van der Waals surface area (Å²) in [6.07, 6.45) is 2.07. The van der Waals surface area contributed by atoms with E-state index in [9.17, 15) is 0 Å². The largest absolute Gasteiger partial charge is 0.314 e. The predicted octanol–water partition coefficient (Wildman–Crippen LogP) is 3.15. The van der Waals surface area contributed by atoms with Crippen molar-refractivity contribution in [2.75, 3.05) is 6.54 Å². The smallest absolute Gasteiger partial charge is 0.128 e. The molecule has 102 valence electrons. The van der Waals surface area contributed by atoms with Crippen molar-refractivity contribution in [1.29, 1.82) is 0 Å². The Morgan fingerprint density at radius 3 is 2.06 bits per heavy atom. The molecule has 0 aliphatic heterocycles. The van der Waals surface area contributed by atoms with Crippen LogP contribution in [0, 0.1) is 13.8 Å². The van der Waals surface area contributed by atoms with Crippen LogP contribution in [0.3, 0.4) is 0 Å². The standard InChI is InChI=1S/C15H27N3/c1-7-8-14-17-12(5)15(13(6)18-14)11(4)9-16-10(2)3/h10-11,16H,7-9H2,1-6H3. The Kier molecular flexibility index (Phi) is 5.73. The normalized spacial score (nSPS) is 13.1. The van der Waals surface area contributed by atoms with Crippen molar-refractivity contribution >= 4 is 0 Å². The van der Waals surface area contributed by atoms with E-state index in [4.69, 9.17) is 0 Å². The predicted molar refractivity (Wildman–Crippen MR) is 77.1 cm³/mol. The minimum absolute atomic E-state index is 0.461. The van der Waals surface area contributed by atoms with E-state index in [-0.39, 0.29) is 0 Å². The van der Waals surface area contributed by atoms with Crippen LogP contribution in [0.2, 0.25) is 0 Å². The summed E-state index contributed by atoms with van der Waals surface area (Å²) in [5, 5.41) is 3.48. The molecule has 1 atom stereocenters. The molecule has 0 aromatic carbocycles. The molecule has 0 amide bonds. The molecule has 3 heteroatoms. The fraction of sp³-hybridized carbons (Fsp3) is 0.733. The molecule has 1 aromatic rings. The fourth-order valence-corrected chi connectivity index (χ4v) is 2.36. The van der Waals surface area contributed by atoms with Gasteiger partial charge in [0.05, 0.1) is 0 Å². The van der Waals surface area contributed by atoms with Gasteiger partial charge >= 0.3 is 0 Å². The first-order valence-electron chi connectivity index (χ1n) is 7.03. The molecule has 0 spiro atoms. The minimum atomic E-state index is 0.461. The second kappa shape index (κ2) is 6.83. The Morgan fingerprint density at radius 1 is 1.06 bits per heavy atom. The average molecular weight is 249 g/mol. The van der Waals surface area contributed by atoms with Gasteiger partial charge < -0.3 is 5.32 Å². The number of aryl methyl sites for hydroxylation is 3. The molecule has 0 bridgehead atoms. The highest BCUT2D eigenvalue weighted by Crippen LogP contribution is 2.21. The van der Waals surface area contributed by atoms with E-state index in [1.807, 2.05) is 0 Å². The van der Waals surface area contributed by atoms with Gasteiger partial charge in [0.15, 0.2) is 0 Å². The first-order valence-corrected chi connectivity index (χ1v) is 7.03. The highest BCUT2D eigenvalue weighted by atomic mass is 14.9. The molecule has 0 saturated carbocycles. The van der Waals surface area contributed by atoms with E-state index in [0.29, 0.717) is 12.0 Å². The van der Waals surface area contributed by atoms with Crippen molar-refractivity contribution < 1.29 is 0 Å². The lowest BCUT2D eigenvalue weighted by Crippen LogP contribution is -2.28. The first kappa shape index (κ1) is 15.1. The molecule has 1 unspecified atom stereocenters. The topological polar surface area (TPSA) is 37.8 Å². The highest BCUT2D eigenvalue weighted by Gasteiger charge is 2.15. The van der Waals surface area contributed by atoms with Gasteiger partial charge in [0, 0.05) is 30.4 Å². The Labute approximate surface area is 111 Å². The second-order valence-corrected chi connectivity index (χ2v) is 5.44. The molecule has 0 aliphatic carbocycles. The van der Waals surface area contributed by atoms with E-state index in [1.54, 1.807) is 0 Å². The van der Waals surface area contributed by atoms with Crippen LogP contribution in [0.4, 0.5) is 0 Å². The summed E-state index contributed by atoms with van der Waals surface area (Å²) in [6, 6.07) is 0.522. The quantitative estimate of drug-likeness (QED) is 0.841. The maximum absolute atomic E-state index is 4.63. The van der Waals surface area contributed by atoms with Crippen LogP contribution < -0.4 is 5.32 Å².